The maximum Gasteiger partial charge on any atom is 0.260 e. The minimum absolute atomic E-state index is 0.0144. The van der Waals surface area contributed by atoms with Crippen molar-refractivity contribution in [1.29, 1.82) is 0 Å². The summed E-state index contributed by atoms with van der Waals surface area (Å²) in [6.07, 6.45) is 3.67. The lowest BCUT2D eigenvalue weighted by Gasteiger charge is -2.38. The molecule has 3 rings (SSSR count). The molecule has 1 atom stereocenters. The zero-order valence-corrected chi connectivity index (χ0v) is 15.8. The Bertz CT molecular complexity index is 786. The van der Waals surface area contributed by atoms with Gasteiger partial charge in [0.15, 0.2) is 12.4 Å². The summed E-state index contributed by atoms with van der Waals surface area (Å²) >= 11 is 0. The monoisotopic (exact) mass is 367 g/mol. The van der Waals surface area contributed by atoms with Crippen LogP contribution in [0.5, 0.6) is 5.75 Å². The molecule has 1 fully saturated rings. The van der Waals surface area contributed by atoms with Crippen LogP contribution in [0.3, 0.4) is 0 Å². The fourth-order valence-electron chi connectivity index (χ4n) is 3.23. The molecule has 1 aromatic heterocycles. The van der Waals surface area contributed by atoms with Gasteiger partial charge in [0.2, 0.25) is 0 Å². The molecule has 2 heterocycles. The number of pyridine rings is 1. The third kappa shape index (κ3) is 4.92. The molecule has 1 saturated heterocycles. The van der Waals surface area contributed by atoms with Crippen molar-refractivity contribution in [1.82, 2.24) is 14.8 Å². The molecule has 1 unspecified atom stereocenters. The van der Waals surface area contributed by atoms with Crippen LogP contribution in [-0.4, -0.2) is 59.3 Å². The summed E-state index contributed by atoms with van der Waals surface area (Å²) in [7, 11) is 0. The molecule has 0 spiro atoms. The van der Waals surface area contributed by atoms with E-state index in [-0.39, 0.29) is 24.3 Å². The number of hydrogen-bond donors (Lipinski definition) is 0. The van der Waals surface area contributed by atoms with E-state index >= 15 is 0 Å². The topological polar surface area (TPSA) is 62.7 Å². The SMILES string of the molecule is CC(=O)c1cccc(OCC(=O)N2CCN(C(C)c3cccnc3)CC2)c1. The summed E-state index contributed by atoms with van der Waals surface area (Å²) in [5.41, 5.74) is 1.77. The highest BCUT2D eigenvalue weighted by Crippen LogP contribution is 2.21. The number of Topliss-reactive ketones (excluding diaryl/α,β-unsaturated/α-hetero) is 1. The van der Waals surface area contributed by atoms with Crippen LogP contribution >= 0.6 is 0 Å². The van der Waals surface area contributed by atoms with Crippen molar-refractivity contribution in [3.05, 3.63) is 59.9 Å². The molecule has 0 aliphatic carbocycles. The first-order valence-electron chi connectivity index (χ1n) is 9.20. The molecule has 1 aliphatic rings. The Kier molecular flexibility index (Phi) is 6.19. The summed E-state index contributed by atoms with van der Waals surface area (Å²) < 4.78 is 5.59. The average molecular weight is 367 g/mol. The van der Waals surface area contributed by atoms with Gasteiger partial charge in [0.25, 0.3) is 5.91 Å². The number of carbonyl (C=O) groups is 2. The molecule has 1 aliphatic heterocycles. The minimum Gasteiger partial charge on any atom is -0.484 e. The van der Waals surface area contributed by atoms with Gasteiger partial charge in [0, 0.05) is 50.2 Å². The van der Waals surface area contributed by atoms with Crippen molar-refractivity contribution in [3.8, 4) is 5.75 Å². The second kappa shape index (κ2) is 8.77. The maximum absolute atomic E-state index is 12.4. The number of benzene rings is 1. The number of piperazine rings is 1. The van der Waals surface area contributed by atoms with E-state index in [1.54, 1.807) is 30.5 Å². The van der Waals surface area contributed by atoms with Crippen LogP contribution in [0.4, 0.5) is 0 Å². The van der Waals surface area contributed by atoms with E-state index in [1.165, 1.54) is 12.5 Å². The molecule has 2 aromatic rings. The summed E-state index contributed by atoms with van der Waals surface area (Å²) in [6.45, 7) is 6.67. The molecule has 27 heavy (non-hydrogen) atoms. The van der Waals surface area contributed by atoms with Crippen molar-refractivity contribution in [2.75, 3.05) is 32.8 Å². The normalized spacial score (nSPS) is 16.0. The molecule has 142 valence electrons. The Morgan fingerprint density at radius 2 is 1.93 bits per heavy atom. The van der Waals surface area contributed by atoms with Crippen LogP contribution in [0.1, 0.15) is 35.8 Å². The molecule has 0 N–H and O–H groups in total. The Morgan fingerprint density at radius 3 is 2.59 bits per heavy atom. The molecule has 6 nitrogen and oxygen atoms in total. The second-order valence-electron chi connectivity index (χ2n) is 6.75. The Morgan fingerprint density at radius 1 is 1.15 bits per heavy atom. The first kappa shape index (κ1) is 19.0. The standard InChI is InChI=1S/C21H25N3O3/c1-16(19-6-4-8-22-14-19)23-9-11-24(12-10-23)21(26)15-27-20-7-3-5-18(13-20)17(2)25/h3-8,13-14,16H,9-12,15H2,1-2H3. The minimum atomic E-state index is -0.0306. The van der Waals surface area contributed by atoms with Crippen LogP contribution in [0.2, 0.25) is 0 Å². The van der Waals surface area contributed by atoms with Gasteiger partial charge >= 0.3 is 0 Å². The van der Waals surface area contributed by atoms with E-state index in [1.807, 2.05) is 17.2 Å². The van der Waals surface area contributed by atoms with E-state index < -0.39 is 0 Å². The van der Waals surface area contributed by atoms with E-state index in [0.29, 0.717) is 24.4 Å². The van der Waals surface area contributed by atoms with Gasteiger partial charge in [0.1, 0.15) is 5.75 Å². The fraction of sp³-hybridized carbons (Fsp3) is 0.381. The molecule has 0 bridgehead atoms. The molecule has 0 saturated carbocycles. The van der Waals surface area contributed by atoms with Gasteiger partial charge < -0.3 is 9.64 Å². The van der Waals surface area contributed by atoms with Crippen LogP contribution in [0.15, 0.2) is 48.8 Å². The van der Waals surface area contributed by atoms with Crippen LogP contribution < -0.4 is 4.74 Å². The number of hydrogen-bond acceptors (Lipinski definition) is 5. The number of amides is 1. The summed E-state index contributed by atoms with van der Waals surface area (Å²) in [6, 6.07) is 11.2. The van der Waals surface area contributed by atoms with Crippen molar-refractivity contribution < 1.29 is 14.3 Å². The Hall–Kier alpha value is -2.73. The van der Waals surface area contributed by atoms with Crippen molar-refractivity contribution in [3.63, 3.8) is 0 Å². The lowest BCUT2D eigenvalue weighted by Crippen LogP contribution is -2.50. The number of carbonyl (C=O) groups excluding carboxylic acids is 2. The third-order valence-electron chi connectivity index (χ3n) is 4.98. The lowest BCUT2D eigenvalue weighted by atomic mass is 10.1. The van der Waals surface area contributed by atoms with Gasteiger partial charge in [-0.3, -0.25) is 19.5 Å². The number of ketones is 1. The first-order valence-corrected chi connectivity index (χ1v) is 9.20. The van der Waals surface area contributed by atoms with Gasteiger partial charge in [-0.15, -0.1) is 0 Å². The van der Waals surface area contributed by atoms with E-state index in [2.05, 4.69) is 22.9 Å². The number of aromatic nitrogens is 1. The Balaban J connectivity index is 1.48. The second-order valence-corrected chi connectivity index (χ2v) is 6.75. The summed E-state index contributed by atoms with van der Waals surface area (Å²) in [5.74, 6) is 0.488. The molecule has 1 aromatic carbocycles. The predicted octanol–water partition coefficient (Wildman–Crippen LogP) is 2.57. The zero-order valence-electron chi connectivity index (χ0n) is 15.8. The first-order chi connectivity index (χ1) is 13.0. The molecule has 0 radical (unpaired) electrons. The number of nitrogens with zero attached hydrogens (tertiary/aromatic N) is 3. The number of rotatable bonds is 6. The van der Waals surface area contributed by atoms with Gasteiger partial charge in [0.05, 0.1) is 0 Å². The van der Waals surface area contributed by atoms with Crippen LogP contribution in [-0.2, 0) is 4.79 Å². The predicted molar refractivity (Wildman–Crippen MR) is 103 cm³/mol. The third-order valence-corrected chi connectivity index (χ3v) is 4.98. The largest absolute Gasteiger partial charge is 0.484 e. The quantitative estimate of drug-likeness (QED) is 0.735. The van der Waals surface area contributed by atoms with Crippen molar-refractivity contribution in [2.24, 2.45) is 0 Å². The van der Waals surface area contributed by atoms with Crippen LogP contribution in [0.25, 0.3) is 0 Å². The summed E-state index contributed by atoms with van der Waals surface area (Å²) in [4.78, 5) is 32.3. The van der Waals surface area contributed by atoms with Gasteiger partial charge in [-0.25, -0.2) is 0 Å². The van der Waals surface area contributed by atoms with E-state index in [9.17, 15) is 9.59 Å². The smallest absolute Gasteiger partial charge is 0.260 e. The molecule has 6 heteroatoms. The summed E-state index contributed by atoms with van der Waals surface area (Å²) in [5, 5.41) is 0. The van der Waals surface area contributed by atoms with Gasteiger partial charge in [-0.2, -0.15) is 0 Å². The fourth-order valence-corrected chi connectivity index (χ4v) is 3.23. The average Bonchev–Trinajstić information content (AvgIpc) is 2.72. The van der Waals surface area contributed by atoms with Crippen LogP contribution in [0, 0.1) is 0 Å². The van der Waals surface area contributed by atoms with Crippen molar-refractivity contribution in [2.45, 2.75) is 19.9 Å². The van der Waals surface area contributed by atoms with E-state index in [4.69, 9.17) is 4.74 Å². The molecular formula is C21H25N3O3. The van der Waals surface area contributed by atoms with Crippen molar-refractivity contribution >= 4 is 11.7 Å². The highest BCUT2D eigenvalue weighted by Gasteiger charge is 2.25. The zero-order chi connectivity index (χ0) is 19.2. The lowest BCUT2D eigenvalue weighted by molar-refractivity contribution is -0.135. The highest BCUT2D eigenvalue weighted by molar-refractivity contribution is 5.94. The highest BCUT2D eigenvalue weighted by atomic mass is 16.5. The number of ether oxygens (including phenoxy) is 1. The maximum atomic E-state index is 12.4. The molecular weight excluding hydrogens is 342 g/mol. The Labute approximate surface area is 159 Å². The van der Waals surface area contributed by atoms with E-state index in [0.717, 1.165) is 13.1 Å². The van der Waals surface area contributed by atoms with Gasteiger partial charge in [-0.1, -0.05) is 18.2 Å². The molecule has 1 amide bonds. The van der Waals surface area contributed by atoms with Gasteiger partial charge in [-0.05, 0) is 37.6 Å².